The zero-order valence-corrected chi connectivity index (χ0v) is 17.6. The molecule has 6 nitrogen and oxygen atoms in total. The molecule has 0 unspecified atom stereocenters. The molecule has 1 fully saturated rings. The maximum Gasteiger partial charge on any atom is 0.357 e. The van der Waals surface area contributed by atoms with Crippen molar-refractivity contribution < 1.29 is 14.3 Å². The SMILES string of the molecule is O=C(COC(=O)c1cc(-c2cccs2)nn1-c1ccccc1)NCC1CCCCC1. The van der Waals surface area contributed by atoms with E-state index in [-0.39, 0.29) is 12.5 Å². The smallest absolute Gasteiger partial charge is 0.357 e. The number of nitrogens with zero attached hydrogens (tertiary/aromatic N) is 2. The van der Waals surface area contributed by atoms with Crippen molar-refractivity contribution >= 4 is 23.2 Å². The Labute approximate surface area is 179 Å². The number of amides is 1. The van der Waals surface area contributed by atoms with Gasteiger partial charge >= 0.3 is 5.97 Å². The van der Waals surface area contributed by atoms with Gasteiger partial charge in [0.2, 0.25) is 0 Å². The van der Waals surface area contributed by atoms with E-state index >= 15 is 0 Å². The first-order valence-electron chi connectivity index (χ1n) is 10.3. The van der Waals surface area contributed by atoms with Crippen LogP contribution in [0.5, 0.6) is 0 Å². The quantitative estimate of drug-likeness (QED) is 0.570. The summed E-state index contributed by atoms with van der Waals surface area (Å²) in [5.74, 6) is -0.300. The van der Waals surface area contributed by atoms with E-state index in [0.717, 1.165) is 23.4 Å². The zero-order chi connectivity index (χ0) is 20.8. The molecule has 0 radical (unpaired) electrons. The summed E-state index contributed by atoms with van der Waals surface area (Å²) in [4.78, 5) is 25.9. The average Bonchev–Trinajstić information content (AvgIpc) is 3.47. The maximum atomic E-state index is 12.8. The number of hydrogen-bond donors (Lipinski definition) is 1. The fraction of sp³-hybridized carbons (Fsp3) is 0.348. The molecule has 1 aliphatic rings. The summed E-state index contributed by atoms with van der Waals surface area (Å²) in [7, 11) is 0. The molecule has 2 aromatic heterocycles. The molecule has 156 valence electrons. The first-order chi connectivity index (χ1) is 14.7. The molecule has 1 aliphatic carbocycles. The van der Waals surface area contributed by atoms with Gasteiger partial charge in [0, 0.05) is 12.6 Å². The van der Waals surface area contributed by atoms with Gasteiger partial charge in [-0.2, -0.15) is 5.10 Å². The van der Waals surface area contributed by atoms with Gasteiger partial charge in [0.25, 0.3) is 5.91 Å². The second kappa shape index (κ2) is 9.71. The molecule has 2 heterocycles. The topological polar surface area (TPSA) is 73.2 Å². The Kier molecular flexibility index (Phi) is 6.59. The van der Waals surface area contributed by atoms with Gasteiger partial charge < -0.3 is 10.1 Å². The van der Waals surface area contributed by atoms with E-state index < -0.39 is 5.97 Å². The van der Waals surface area contributed by atoms with E-state index in [4.69, 9.17) is 4.74 Å². The minimum atomic E-state index is -0.568. The van der Waals surface area contributed by atoms with Crippen LogP contribution in [0, 0.1) is 5.92 Å². The summed E-state index contributed by atoms with van der Waals surface area (Å²) in [5, 5.41) is 9.45. The second-order valence-corrected chi connectivity index (χ2v) is 8.47. The molecule has 1 amide bonds. The van der Waals surface area contributed by atoms with Crippen molar-refractivity contribution in [2.24, 2.45) is 5.92 Å². The number of esters is 1. The molecule has 1 aromatic carbocycles. The van der Waals surface area contributed by atoms with Crippen molar-refractivity contribution in [1.29, 1.82) is 0 Å². The zero-order valence-electron chi connectivity index (χ0n) is 16.8. The van der Waals surface area contributed by atoms with Crippen LogP contribution in [-0.4, -0.2) is 34.8 Å². The summed E-state index contributed by atoms with van der Waals surface area (Å²) < 4.78 is 6.88. The normalized spacial score (nSPS) is 14.4. The van der Waals surface area contributed by atoms with Crippen molar-refractivity contribution in [2.75, 3.05) is 13.2 Å². The van der Waals surface area contributed by atoms with Gasteiger partial charge in [0.05, 0.1) is 10.6 Å². The van der Waals surface area contributed by atoms with Crippen LogP contribution in [0.4, 0.5) is 0 Å². The Morgan fingerprint density at radius 2 is 1.90 bits per heavy atom. The highest BCUT2D eigenvalue weighted by molar-refractivity contribution is 7.13. The second-order valence-electron chi connectivity index (χ2n) is 7.52. The minimum Gasteiger partial charge on any atom is -0.451 e. The number of rotatable bonds is 7. The molecule has 0 bridgehead atoms. The van der Waals surface area contributed by atoms with Gasteiger partial charge in [-0.1, -0.05) is 43.5 Å². The third kappa shape index (κ3) is 4.97. The Bertz CT molecular complexity index is 977. The molecule has 4 rings (SSSR count). The minimum absolute atomic E-state index is 0.266. The molecule has 7 heteroatoms. The number of hydrogen-bond acceptors (Lipinski definition) is 5. The van der Waals surface area contributed by atoms with Crippen LogP contribution in [0.15, 0.2) is 53.9 Å². The highest BCUT2D eigenvalue weighted by Crippen LogP contribution is 2.26. The molecule has 1 saturated carbocycles. The Morgan fingerprint density at radius 1 is 1.10 bits per heavy atom. The molecule has 0 spiro atoms. The van der Waals surface area contributed by atoms with Crippen molar-refractivity contribution in [3.05, 3.63) is 59.6 Å². The van der Waals surface area contributed by atoms with Gasteiger partial charge in [-0.25, -0.2) is 9.48 Å². The van der Waals surface area contributed by atoms with E-state index in [0.29, 0.717) is 23.9 Å². The highest BCUT2D eigenvalue weighted by atomic mass is 32.1. The lowest BCUT2D eigenvalue weighted by Crippen LogP contribution is -2.33. The molecule has 0 saturated heterocycles. The molecular formula is C23H25N3O3S. The van der Waals surface area contributed by atoms with Gasteiger partial charge in [-0.3, -0.25) is 4.79 Å². The number of para-hydroxylation sites is 1. The Morgan fingerprint density at radius 3 is 2.63 bits per heavy atom. The summed E-state index contributed by atoms with van der Waals surface area (Å²) in [5.41, 5.74) is 1.75. The lowest BCUT2D eigenvalue weighted by Gasteiger charge is -2.21. The van der Waals surface area contributed by atoms with Crippen molar-refractivity contribution in [1.82, 2.24) is 15.1 Å². The summed E-state index contributed by atoms with van der Waals surface area (Å²) >= 11 is 1.55. The number of benzene rings is 1. The van der Waals surface area contributed by atoms with Gasteiger partial charge in [-0.15, -0.1) is 11.3 Å². The standard InChI is InChI=1S/C23H25N3O3S/c27-22(24-15-17-8-3-1-4-9-17)16-29-23(28)20-14-19(21-12-7-13-30-21)25-26(20)18-10-5-2-6-11-18/h2,5-7,10-14,17H,1,3-4,8-9,15-16H2,(H,24,27). The van der Waals surface area contributed by atoms with E-state index in [9.17, 15) is 9.59 Å². The van der Waals surface area contributed by atoms with Crippen LogP contribution in [0.2, 0.25) is 0 Å². The van der Waals surface area contributed by atoms with E-state index in [1.165, 1.54) is 19.3 Å². The van der Waals surface area contributed by atoms with Crippen LogP contribution < -0.4 is 5.32 Å². The van der Waals surface area contributed by atoms with Crippen LogP contribution >= 0.6 is 11.3 Å². The van der Waals surface area contributed by atoms with E-state index in [1.807, 2.05) is 47.8 Å². The largest absolute Gasteiger partial charge is 0.451 e. The number of aromatic nitrogens is 2. The maximum absolute atomic E-state index is 12.8. The Hall–Kier alpha value is -2.93. The van der Waals surface area contributed by atoms with Gasteiger partial charge in [-0.05, 0) is 42.3 Å². The van der Waals surface area contributed by atoms with Crippen LogP contribution in [0.25, 0.3) is 16.3 Å². The predicted octanol–water partition coefficient (Wildman–Crippen LogP) is 4.45. The number of ether oxygens (including phenoxy) is 1. The Balaban J connectivity index is 1.43. The molecule has 0 atom stereocenters. The summed E-state index contributed by atoms with van der Waals surface area (Å²) in [6.45, 7) is 0.362. The first kappa shape index (κ1) is 20.3. The molecule has 1 N–H and O–H groups in total. The van der Waals surface area contributed by atoms with E-state index in [2.05, 4.69) is 10.4 Å². The third-order valence-corrected chi connectivity index (χ3v) is 6.23. The van der Waals surface area contributed by atoms with Crippen LogP contribution in [-0.2, 0) is 9.53 Å². The van der Waals surface area contributed by atoms with Crippen molar-refractivity contribution in [2.45, 2.75) is 32.1 Å². The molecular weight excluding hydrogens is 398 g/mol. The first-order valence-corrected chi connectivity index (χ1v) is 11.2. The molecule has 30 heavy (non-hydrogen) atoms. The van der Waals surface area contributed by atoms with Crippen LogP contribution in [0.1, 0.15) is 42.6 Å². The number of carbonyl (C=O) groups is 2. The summed E-state index contributed by atoms with van der Waals surface area (Å²) in [6.07, 6.45) is 6.05. The number of nitrogens with one attached hydrogen (secondary N) is 1. The summed E-state index contributed by atoms with van der Waals surface area (Å²) in [6, 6.07) is 15.0. The van der Waals surface area contributed by atoms with Crippen molar-refractivity contribution in [3.63, 3.8) is 0 Å². The van der Waals surface area contributed by atoms with E-state index in [1.54, 1.807) is 22.1 Å². The lowest BCUT2D eigenvalue weighted by molar-refractivity contribution is -0.124. The van der Waals surface area contributed by atoms with Gasteiger partial charge in [0.1, 0.15) is 5.69 Å². The number of carbonyl (C=O) groups excluding carboxylic acids is 2. The average molecular weight is 424 g/mol. The molecule has 3 aromatic rings. The monoisotopic (exact) mass is 423 g/mol. The fourth-order valence-corrected chi connectivity index (χ4v) is 4.42. The van der Waals surface area contributed by atoms with Crippen LogP contribution in [0.3, 0.4) is 0 Å². The highest BCUT2D eigenvalue weighted by Gasteiger charge is 2.21. The lowest BCUT2D eigenvalue weighted by atomic mass is 9.89. The van der Waals surface area contributed by atoms with Crippen molar-refractivity contribution in [3.8, 4) is 16.3 Å². The number of thiophene rings is 1. The fourth-order valence-electron chi connectivity index (χ4n) is 3.74. The van der Waals surface area contributed by atoms with Gasteiger partial charge in [0.15, 0.2) is 12.3 Å². The third-order valence-electron chi connectivity index (χ3n) is 5.34. The molecule has 0 aliphatic heterocycles. The predicted molar refractivity (Wildman–Crippen MR) is 117 cm³/mol.